The number of methoxy groups -OCH3 is 2. The minimum atomic E-state index is -1.11. The third-order valence-electron chi connectivity index (χ3n) is 6.57. The van der Waals surface area contributed by atoms with Crippen LogP contribution in [0.25, 0.3) is 11.3 Å². The van der Waals surface area contributed by atoms with E-state index in [4.69, 9.17) is 18.9 Å². The molecule has 2 aliphatic carbocycles. The predicted octanol–water partition coefficient (Wildman–Crippen LogP) is 2.64. The van der Waals surface area contributed by atoms with Gasteiger partial charge >= 0.3 is 17.9 Å². The number of halogens is 1. The maximum Gasteiger partial charge on any atom is 0.332 e. The second kappa shape index (κ2) is 11.1. The fourth-order valence-electron chi connectivity index (χ4n) is 4.47. The first-order valence-electron chi connectivity index (χ1n) is 11.8. The fourth-order valence-corrected chi connectivity index (χ4v) is 5.58. The van der Waals surface area contributed by atoms with E-state index in [1.165, 1.54) is 7.11 Å². The first-order valence-corrected chi connectivity index (χ1v) is 13.1. The second-order valence-corrected chi connectivity index (χ2v) is 10.4. The number of amides is 1. The number of ether oxygens (including phenoxy) is 4. The Labute approximate surface area is 227 Å². The van der Waals surface area contributed by atoms with Crippen LogP contribution in [0.1, 0.15) is 26.2 Å². The van der Waals surface area contributed by atoms with E-state index in [0.29, 0.717) is 17.9 Å². The third kappa shape index (κ3) is 5.73. The van der Waals surface area contributed by atoms with Gasteiger partial charge in [-0.2, -0.15) is 9.97 Å². The molecule has 5 atom stereocenters. The number of hydrogen-bond acceptors (Lipinski definition) is 9. The lowest BCUT2D eigenvalue weighted by Gasteiger charge is -2.21. The van der Waals surface area contributed by atoms with Gasteiger partial charge in [0, 0.05) is 15.6 Å². The highest BCUT2D eigenvalue weighted by Gasteiger charge is 2.62. The summed E-state index contributed by atoms with van der Waals surface area (Å²) in [5, 5.41) is 12.6. The van der Waals surface area contributed by atoms with Crippen LogP contribution in [0.5, 0.6) is 17.6 Å². The molecule has 0 radical (unpaired) electrons. The van der Waals surface area contributed by atoms with Gasteiger partial charge in [-0.3, -0.25) is 9.59 Å². The fraction of sp³-hybridized carbons (Fsp3) is 0.480. The van der Waals surface area contributed by atoms with Crippen molar-refractivity contribution < 1.29 is 38.4 Å². The SMILES string of the molecule is CCOC(=O)[C@@]1(NC(=O)[C@@H]2C[C@@H](Oc3cc(-c4ccc(OC)cc4)nc(OC)n3)C[C@H]2C(=O)O)C[C@H]1I. The molecular formula is C25H28IN3O8. The Kier molecular flexibility index (Phi) is 8.05. The van der Waals surface area contributed by atoms with Gasteiger partial charge in [0.1, 0.15) is 11.9 Å². The second-order valence-electron chi connectivity index (χ2n) is 8.92. The molecule has 0 aliphatic heterocycles. The normalized spacial score (nSPS) is 26.2. The van der Waals surface area contributed by atoms with Crippen LogP contribution in [0, 0.1) is 11.8 Å². The minimum Gasteiger partial charge on any atom is -0.497 e. The van der Waals surface area contributed by atoms with Gasteiger partial charge in [-0.25, -0.2) is 4.79 Å². The molecule has 0 unspecified atom stereocenters. The molecule has 2 N–H and O–H groups in total. The largest absolute Gasteiger partial charge is 0.497 e. The lowest BCUT2D eigenvalue weighted by atomic mass is 9.95. The Morgan fingerprint density at radius 1 is 1.11 bits per heavy atom. The third-order valence-corrected chi connectivity index (χ3v) is 8.08. The topological polar surface area (TPSA) is 146 Å². The molecule has 0 saturated heterocycles. The number of nitrogens with one attached hydrogen (secondary N) is 1. The zero-order valence-electron chi connectivity index (χ0n) is 20.6. The van der Waals surface area contributed by atoms with E-state index >= 15 is 0 Å². The molecule has 37 heavy (non-hydrogen) atoms. The number of carboxylic acids is 1. The smallest absolute Gasteiger partial charge is 0.332 e. The van der Waals surface area contributed by atoms with Gasteiger partial charge in [0.2, 0.25) is 11.8 Å². The van der Waals surface area contributed by atoms with E-state index in [2.05, 4.69) is 37.9 Å². The van der Waals surface area contributed by atoms with Gasteiger partial charge in [0.25, 0.3) is 0 Å². The molecule has 0 bridgehead atoms. The maximum absolute atomic E-state index is 13.2. The van der Waals surface area contributed by atoms with Crippen molar-refractivity contribution in [2.45, 2.75) is 41.8 Å². The number of carboxylic acid groups (broad SMARTS) is 1. The van der Waals surface area contributed by atoms with Crippen molar-refractivity contribution in [3.8, 4) is 28.9 Å². The highest BCUT2D eigenvalue weighted by atomic mass is 127. The average molecular weight is 625 g/mol. The number of benzene rings is 1. The first-order chi connectivity index (χ1) is 17.7. The highest BCUT2D eigenvalue weighted by molar-refractivity contribution is 14.1. The molecule has 1 amide bonds. The number of carbonyl (C=O) groups excluding carboxylic acids is 2. The summed E-state index contributed by atoms with van der Waals surface area (Å²) in [6.45, 7) is 1.89. The number of carbonyl (C=O) groups is 3. The molecule has 2 saturated carbocycles. The molecule has 1 aromatic carbocycles. The molecule has 4 rings (SSSR count). The Morgan fingerprint density at radius 2 is 1.78 bits per heavy atom. The lowest BCUT2D eigenvalue weighted by Crippen LogP contribution is -2.49. The van der Waals surface area contributed by atoms with E-state index < -0.39 is 41.3 Å². The number of nitrogens with zero attached hydrogens (tertiary/aromatic N) is 2. The number of aromatic nitrogens is 2. The molecule has 1 aromatic heterocycles. The van der Waals surface area contributed by atoms with E-state index in [9.17, 15) is 19.5 Å². The molecule has 11 nitrogen and oxygen atoms in total. The van der Waals surface area contributed by atoms with Crippen LogP contribution in [0.4, 0.5) is 0 Å². The van der Waals surface area contributed by atoms with E-state index in [-0.39, 0.29) is 35.3 Å². The Bertz CT molecular complexity index is 1180. The van der Waals surface area contributed by atoms with Crippen molar-refractivity contribution in [1.82, 2.24) is 15.3 Å². The number of aliphatic carboxylic acids is 1. The van der Waals surface area contributed by atoms with Crippen molar-refractivity contribution in [2.24, 2.45) is 11.8 Å². The minimum absolute atomic E-state index is 0.0867. The van der Waals surface area contributed by atoms with Crippen LogP contribution < -0.4 is 19.5 Å². The van der Waals surface area contributed by atoms with Gasteiger partial charge in [0.15, 0.2) is 5.54 Å². The Morgan fingerprint density at radius 3 is 2.35 bits per heavy atom. The Hall–Kier alpha value is -3.16. The van der Waals surface area contributed by atoms with Crippen LogP contribution in [0.2, 0.25) is 0 Å². The van der Waals surface area contributed by atoms with Crippen LogP contribution in [-0.2, 0) is 19.1 Å². The highest BCUT2D eigenvalue weighted by Crippen LogP contribution is 2.45. The number of esters is 1. The summed E-state index contributed by atoms with van der Waals surface area (Å²) in [4.78, 5) is 46.2. The summed E-state index contributed by atoms with van der Waals surface area (Å²) in [7, 11) is 3.01. The summed E-state index contributed by atoms with van der Waals surface area (Å²) in [5.41, 5.74) is 0.216. The quantitative estimate of drug-likeness (QED) is 0.230. The van der Waals surface area contributed by atoms with Crippen molar-refractivity contribution >= 4 is 40.4 Å². The van der Waals surface area contributed by atoms with Crippen LogP contribution in [-0.4, -0.2) is 69.3 Å². The average Bonchev–Trinajstić information content (AvgIpc) is 3.34. The summed E-state index contributed by atoms with van der Waals surface area (Å²) >= 11 is 2.09. The maximum atomic E-state index is 13.2. The van der Waals surface area contributed by atoms with Crippen molar-refractivity contribution in [3.63, 3.8) is 0 Å². The monoisotopic (exact) mass is 625 g/mol. The van der Waals surface area contributed by atoms with Gasteiger partial charge in [-0.05, 0) is 50.5 Å². The van der Waals surface area contributed by atoms with Crippen LogP contribution in [0.15, 0.2) is 30.3 Å². The number of rotatable bonds is 10. The van der Waals surface area contributed by atoms with Crippen LogP contribution in [0.3, 0.4) is 0 Å². The summed E-state index contributed by atoms with van der Waals surface area (Å²) < 4.78 is 21.5. The van der Waals surface area contributed by atoms with Gasteiger partial charge < -0.3 is 29.4 Å². The zero-order chi connectivity index (χ0) is 26.7. The first kappa shape index (κ1) is 26.9. The van der Waals surface area contributed by atoms with Gasteiger partial charge in [-0.1, -0.05) is 22.6 Å². The molecule has 0 spiro atoms. The predicted molar refractivity (Wildman–Crippen MR) is 139 cm³/mol. The van der Waals surface area contributed by atoms with Crippen molar-refractivity contribution in [1.29, 1.82) is 0 Å². The van der Waals surface area contributed by atoms with E-state index in [0.717, 1.165) is 5.56 Å². The summed E-state index contributed by atoms with van der Waals surface area (Å²) in [6, 6.07) is 8.98. The summed E-state index contributed by atoms with van der Waals surface area (Å²) in [6.07, 6.45) is 0.112. The van der Waals surface area contributed by atoms with E-state index in [1.807, 2.05) is 12.1 Å². The Balaban J connectivity index is 1.51. The number of hydrogen-bond donors (Lipinski definition) is 2. The lowest BCUT2D eigenvalue weighted by molar-refractivity contribution is -0.150. The van der Waals surface area contributed by atoms with Crippen molar-refractivity contribution in [2.75, 3.05) is 20.8 Å². The molecule has 198 valence electrons. The number of alkyl halides is 1. The standard InChI is InChI=1S/C25H28IN3O8/c1-4-36-23(33)25(12-19(25)26)29-21(30)16-9-15(10-17(16)22(31)32)37-20-11-18(27-24(28-20)35-3)13-5-7-14(34-2)8-6-13/h5-8,11,15-17,19H,4,9-10,12H2,1-3H3,(H,29,30)(H,31,32)/t15-,16-,17-,19-,25-/m1/s1. The molecule has 12 heteroatoms. The molecule has 2 aromatic rings. The van der Waals surface area contributed by atoms with Gasteiger partial charge in [-0.15, -0.1) is 0 Å². The van der Waals surface area contributed by atoms with Gasteiger partial charge in [0.05, 0.1) is 38.4 Å². The molecular weight excluding hydrogens is 597 g/mol. The van der Waals surface area contributed by atoms with Crippen molar-refractivity contribution in [3.05, 3.63) is 30.3 Å². The summed E-state index contributed by atoms with van der Waals surface area (Å²) in [5.74, 6) is -3.04. The van der Waals surface area contributed by atoms with Crippen LogP contribution >= 0.6 is 22.6 Å². The molecule has 2 fully saturated rings. The zero-order valence-corrected chi connectivity index (χ0v) is 22.8. The molecule has 2 aliphatic rings. The van der Waals surface area contributed by atoms with E-state index in [1.54, 1.807) is 32.2 Å². The molecule has 1 heterocycles.